The average Bonchev–Trinajstić information content (AvgIpc) is 2.46. The Balaban J connectivity index is 2.83. The van der Waals surface area contributed by atoms with E-state index < -0.39 is 30.1 Å². The van der Waals surface area contributed by atoms with Gasteiger partial charge in [-0.3, -0.25) is 14.6 Å². The van der Waals surface area contributed by atoms with Crippen molar-refractivity contribution in [1.82, 2.24) is 10.2 Å². The quantitative estimate of drug-likeness (QED) is 0.543. The first-order chi connectivity index (χ1) is 10.1. The van der Waals surface area contributed by atoms with E-state index in [0.29, 0.717) is 12.8 Å². The molecular weight excluding hydrogens is 283 g/mol. The van der Waals surface area contributed by atoms with Crippen LogP contribution in [0.1, 0.15) is 39.5 Å². The number of hydrogen-bond donors (Lipinski definition) is 1. The van der Waals surface area contributed by atoms with Crippen molar-refractivity contribution in [3.8, 4) is 0 Å². The number of hydrogen-bond acceptors (Lipinski definition) is 5. The number of carbonyl (C=O) groups is 3. The van der Waals surface area contributed by atoms with E-state index in [0.717, 1.165) is 17.7 Å². The summed E-state index contributed by atoms with van der Waals surface area (Å²) >= 11 is 0. The van der Waals surface area contributed by atoms with Gasteiger partial charge >= 0.3 is 12.0 Å². The molecular formula is C13H21FN2O5. The van der Waals surface area contributed by atoms with Crippen LogP contribution in [0.15, 0.2) is 0 Å². The van der Waals surface area contributed by atoms with Crippen LogP contribution in [-0.2, 0) is 19.3 Å². The fraction of sp³-hybridized carbons (Fsp3) is 0.769. The van der Waals surface area contributed by atoms with Crippen LogP contribution >= 0.6 is 0 Å². The maximum absolute atomic E-state index is 12.2. The summed E-state index contributed by atoms with van der Waals surface area (Å²) in [5.74, 6) is -3.67. The molecule has 0 aromatic rings. The maximum atomic E-state index is 12.2. The van der Waals surface area contributed by atoms with Crippen LogP contribution in [0, 0.1) is 5.92 Å². The molecule has 1 aliphatic rings. The third-order valence-electron chi connectivity index (χ3n) is 3.21. The summed E-state index contributed by atoms with van der Waals surface area (Å²) in [4.78, 5) is 39.6. The molecule has 21 heavy (non-hydrogen) atoms. The van der Waals surface area contributed by atoms with Crippen molar-refractivity contribution in [3.05, 3.63) is 0 Å². The standard InChI is InChI=1S/C13H21FN2O5/c1-3-5-7-16-11(17)9(12(18)21-14)10(15-13(16)19)20-8-6-4-2/h9-10H,3-8H2,1-2H3,(H,15,19). The van der Waals surface area contributed by atoms with E-state index in [1.165, 1.54) is 0 Å². The molecule has 3 amide bonds. The Morgan fingerprint density at radius 1 is 1.29 bits per heavy atom. The zero-order valence-electron chi connectivity index (χ0n) is 12.3. The lowest BCUT2D eigenvalue weighted by Gasteiger charge is -2.35. The number of carbonyl (C=O) groups excluding carboxylic acids is 3. The Morgan fingerprint density at radius 2 is 1.95 bits per heavy atom. The van der Waals surface area contributed by atoms with Crippen LogP contribution in [-0.4, -0.2) is 42.2 Å². The van der Waals surface area contributed by atoms with Gasteiger partial charge in [-0.25, -0.2) is 9.59 Å². The van der Waals surface area contributed by atoms with Crippen molar-refractivity contribution in [1.29, 1.82) is 0 Å². The Hall–Kier alpha value is -1.70. The molecule has 1 heterocycles. The number of amides is 3. The highest BCUT2D eigenvalue weighted by Gasteiger charge is 2.47. The number of nitrogens with one attached hydrogen (secondary N) is 1. The maximum Gasteiger partial charge on any atom is 0.365 e. The molecule has 1 fully saturated rings. The van der Waals surface area contributed by atoms with E-state index in [9.17, 15) is 18.9 Å². The van der Waals surface area contributed by atoms with Gasteiger partial charge in [-0.15, -0.1) is 0 Å². The number of ether oxygens (including phenoxy) is 1. The van der Waals surface area contributed by atoms with Crippen LogP contribution in [0.2, 0.25) is 0 Å². The fourth-order valence-electron chi connectivity index (χ4n) is 1.97. The van der Waals surface area contributed by atoms with Crippen LogP contribution in [0.3, 0.4) is 0 Å². The SMILES string of the molecule is CCCCOC1NC(=O)N(CCCC)C(=O)C1C(=O)OF. The Morgan fingerprint density at radius 3 is 2.52 bits per heavy atom. The largest absolute Gasteiger partial charge is 0.365 e. The summed E-state index contributed by atoms with van der Waals surface area (Å²) in [7, 11) is 0. The molecule has 0 spiro atoms. The number of imide groups is 1. The molecule has 2 unspecified atom stereocenters. The monoisotopic (exact) mass is 304 g/mol. The van der Waals surface area contributed by atoms with E-state index in [-0.39, 0.29) is 13.2 Å². The molecule has 7 nitrogen and oxygen atoms in total. The lowest BCUT2D eigenvalue weighted by atomic mass is 10.0. The lowest BCUT2D eigenvalue weighted by molar-refractivity contribution is -0.198. The lowest BCUT2D eigenvalue weighted by Crippen LogP contribution is -2.63. The highest BCUT2D eigenvalue weighted by atomic mass is 19.3. The van der Waals surface area contributed by atoms with Gasteiger partial charge in [0.15, 0.2) is 12.1 Å². The Labute approximate surface area is 122 Å². The first kappa shape index (κ1) is 17.4. The molecule has 0 aromatic heterocycles. The van der Waals surface area contributed by atoms with E-state index >= 15 is 0 Å². The summed E-state index contributed by atoms with van der Waals surface area (Å²) < 4.78 is 17.5. The van der Waals surface area contributed by atoms with Crippen molar-refractivity contribution in [3.63, 3.8) is 0 Å². The van der Waals surface area contributed by atoms with Gasteiger partial charge in [0.1, 0.15) is 0 Å². The predicted molar refractivity (Wildman–Crippen MR) is 70.5 cm³/mol. The minimum absolute atomic E-state index is 0.166. The topological polar surface area (TPSA) is 84.9 Å². The van der Waals surface area contributed by atoms with Crippen molar-refractivity contribution >= 4 is 17.9 Å². The van der Waals surface area contributed by atoms with E-state index in [2.05, 4.69) is 10.3 Å². The molecule has 0 radical (unpaired) electrons. The van der Waals surface area contributed by atoms with Gasteiger partial charge in [0.25, 0.3) is 0 Å². The normalized spacial score (nSPS) is 22.1. The molecule has 0 bridgehead atoms. The molecule has 1 aliphatic heterocycles. The summed E-state index contributed by atoms with van der Waals surface area (Å²) in [6, 6.07) is -0.641. The van der Waals surface area contributed by atoms with Gasteiger partial charge in [0.2, 0.25) is 5.91 Å². The summed E-state index contributed by atoms with van der Waals surface area (Å²) in [6.45, 7) is 4.25. The van der Waals surface area contributed by atoms with E-state index in [1.54, 1.807) is 0 Å². The average molecular weight is 304 g/mol. The fourth-order valence-corrected chi connectivity index (χ4v) is 1.97. The van der Waals surface area contributed by atoms with Gasteiger partial charge in [0, 0.05) is 17.7 Å². The van der Waals surface area contributed by atoms with E-state index in [4.69, 9.17) is 4.74 Å². The first-order valence-corrected chi connectivity index (χ1v) is 7.12. The van der Waals surface area contributed by atoms with Gasteiger partial charge in [0.05, 0.1) is 0 Å². The van der Waals surface area contributed by atoms with Gasteiger partial charge in [-0.1, -0.05) is 26.7 Å². The second-order valence-electron chi connectivity index (χ2n) is 4.81. The van der Waals surface area contributed by atoms with Gasteiger partial charge < -0.3 is 10.1 Å². The number of halogens is 1. The van der Waals surface area contributed by atoms with Crippen LogP contribution < -0.4 is 5.32 Å². The highest BCUT2D eigenvalue weighted by molar-refractivity contribution is 6.07. The predicted octanol–water partition coefficient (Wildman–Crippen LogP) is 1.52. The number of urea groups is 1. The molecule has 0 aliphatic carbocycles. The molecule has 1 saturated heterocycles. The van der Waals surface area contributed by atoms with Gasteiger partial charge in [-0.05, 0) is 12.8 Å². The van der Waals surface area contributed by atoms with E-state index in [1.807, 2.05) is 13.8 Å². The zero-order chi connectivity index (χ0) is 15.8. The smallest absolute Gasteiger partial charge is 0.357 e. The minimum Gasteiger partial charge on any atom is -0.357 e. The molecule has 1 N–H and O–H groups in total. The van der Waals surface area contributed by atoms with Crippen LogP contribution in [0.25, 0.3) is 0 Å². The summed E-state index contributed by atoms with van der Waals surface area (Å²) in [5.41, 5.74) is 0. The van der Waals surface area contributed by atoms with Crippen molar-refractivity contribution in [2.45, 2.75) is 45.8 Å². The molecule has 8 heteroatoms. The second kappa shape index (κ2) is 8.56. The van der Waals surface area contributed by atoms with Crippen LogP contribution in [0.5, 0.6) is 0 Å². The third-order valence-corrected chi connectivity index (χ3v) is 3.21. The van der Waals surface area contributed by atoms with Crippen molar-refractivity contribution in [2.75, 3.05) is 13.2 Å². The number of nitrogens with zero attached hydrogens (tertiary/aromatic N) is 1. The van der Waals surface area contributed by atoms with Crippen LogP contribution in [0.4, 0.5) is 9.32 Å². The zero-order valence-corrected chi connectivity index (χ0v) is 12.3. The summed E-state index contributed by atoms with van der Waals surface area (Å²) in [6.07, 6.45) is 1.70. The highest BCUT2D eigenvalue weighted by Crippen LogP contribution is 2.19. The molecule has 2 atom stereocenters. The van der Waals surface area contributed by atoms with Gasteiger partial charge in [-0.2, -0.15) is 0 Å². The second-order valence-corrected chi connectivity index (χ2v) is 4.81. The molecule has 120 valence electrons. The molecule has 0 saturated carbocycles. The first-order valence-electron chi connectivity index (χ1n) is 7.12. The number of rotatable bonds is 8. The molecule has 0 aromatic carbocycles. The summed E-state index contributed by atoms with van der Waals surface area (Å²) in [5, 5.41) is 2.41. The molecule has 1 rings (SSSR count). The number of unbranched alkanes of at least 4 members (excludes halogenated alkanes) is 2. The Kier molecular flexibility index (Phi) is 7.07. The van der Waals surface area contributed by atoms with Crippen molar-refractivity contribution in [2.24, 2.45) is 5.92 Å². The van der Waals surface area contributed by atoms with Crippen molar-refractivity contribution < 1.29 is 28.6 Å². The Bertz CT molecular complexity index is 391. The minimum atomic E-state index is -1.51. The third kappa shape index (κ3) is 4.38.